The van der Waals surface area contributed by atoms with Gasteiger partial charge < -0.3 is 10.0 Å². The highest BCUT2D eigenvalue weighted by atomic mass is 19.4. The molecule has 20 heavy (non-hydrogen) atoms. The molecule has 1 heterocycles. The molecule has 1 fully saturated rings. The van der Waals surface area contributed by atoms with Crippen LogP contribution < -0.4 is 4.90 Å². The molecule has 0 radical (unpaired) electrons. The summed E-state index contributed by atoms with van der Waals surface area (Å²) in [5.74, 6) is -0.792. The molecular formula is C13H12F4N2O. The number of halogens is 4. The van der Waals surface area contributed by atoms with E-state index in [1.165, 1.54) is 24.0 Å². The Morgan fingerprint density at radius 3 is 2.55 bits per heavy atom. The number of hydrogen-bond acceptors (Lipinski definition) is 3. The Hall–Kier alpha value is -1.81. The highest BCUT2D eigenvalue weighted by Crippen LogP contribution is 2.43. The first kappa shape index (κ1) is 14.6. The quantitative estimate of drug-likeness (QED) is 0.808. The van der Waals surface area contributed by atoms with E-state index in [-0.39, 0.29) is 17.8 Å². The Balaban J connectivity index is 2.33. The standard InChI is InChI=1S/C13H12F4N2O/c1-8-12(20,13(15,16)17)4-5-19(8)10-3-2-9(7-18)11(14)6-10/h2-3,6,8,20H,4-5H2,1H3/t8-,12-/m0/s1. The van der Waals surface area contributed by atoms with Crippen molar-refractivity contribution in [2.45, 2.75) is 31.2 Å². The molecule has 3 nitrogen and oxygen atoms in total. The molecule has 1 aliphatic rings. The maximum Gasteiger partial charge on any atom is 0.419 e. The largest absolute Gasteiger partial charge is 0.419 e. The summed E-state index contributed by atoms with van der Waals surface area (Å²) in [5, 5.41) is 18.4. The van der Waals surface area contributed by atoms with Crippen LogP contribution >= 0.6 is 0 Å². The number of nitriles is 1. The van der Waals surface area contributed by atoms with Crippen LogP contribution in [0.25, 0.3) is 0 Å². The van der Waals surface area contributed by atoms with Gasteiger partial charge in [-0.3, -0.25) is 0 Å². The molecule has 0 amide bonds. The number of hydrogen-bond donors (Lipinski definition) is 1. The highest BCUT2D eigenvalue weighted by molar-refractivity contribution is 5.53. The van der Waals surface area contributed by atoms with Gasteiger partial charge in [0.25, 0.3) is 0 Å². The Labute approximate surface area is 113 Å². The zero-order valence-electron chi connectivity index (χ0n) is 10.6. The van der Waals surface area contributed by atoms with E-state index in [4.69, 9.17) is 5.26 Å². The third-order valence-corrected chi connectivity index (χ3v) is 3.79. The predicted octanol–water partition coefficient (Wildman–Crippen LogP) is 2.59. The van der Waals surface area contributed by atoms with Crippen LogP contribution in [-0.2, 0) is 0 Å². The molecule has 7 heteroatoms. The van der Waals surface area contributed by atoms with Crippen molar-refractivity contribution in [3.8, 4) is 6.07 Å². The topological polar surface area (TPSA) is 47.3 Å². The van der Waals surface area contributed by atoms with Gasteiger partial charge in [0.2, 0.25) is 0 Å². The molecule has 0 unspecified atom stereocenters. The Bertz CT molecular complexity index is 566. The van der Waals surface area contributed by atoms with Crippen molar-refractivity contribution in [3.63, 3.8) is 0 Å². The molecule has 0 aliphatic carbocycles. The molecule has 1 saturated heterocycles. The van der Waals surface area contributed by atoms with Gasteiger partial charge in [-0.25, -0.2) is 4.39 Å². The SMILES string of the molecule is C[C@@H]1N(c2ccc(C#N)c(F)c2)CC[C@@]1(O)C(F)(F)F. The van der Waals surface area contributed by atoms with Crippen LogP contribution in [-0.4, -0.2) is 29.5 Å². The molecule has 108 valence electrons. The van der Waals surface area contributed by atoms with E-state index in [9.17, 15) is 22.7 Å². The van der Waals surface area contributed by atoms with E-state index in [2.05, 4.69) is 0 Å². The molecular weight excluding hydrogens is 276 g/mol. The second kappa shape index (κ2) is 4.63. The van der Waals surface area contributed by atoms with Gasteiger partial charge in [-0.15, -0.1) is 0 Å². The first-order valence-corrected chi connectivity index (χ1v) is 5.96. The van der Waals surface area contributed by atoms with E-state index >= 15 is 0 Å². The lowest BCUT2D eigenvalue weighted by molar-refractivity contribution is -0.260. The zero-order chi connectivity index (χ0) is 15.1. The van der Waals surface area contributed by atoms with Gasteiger partial charge in [0.15, 0.2) is 5.60 Å². The summed E-state index contributed by atoms with van der Waals surface area (Å²) >= 11 is 0. The lowest BCUT2D eigenvalue weighted by Gasteiger charge is -2.33. The monoisotopic (exact) mass is 288 g/mol. The summed E-state index contributed by atoms with van der Waals surface area (Å²) in [7, 11) is 0. The van der Waals surface area contributed by atoms with Gasteiger partial charge in [0.05, 0.1) is 11.6 Å². The van der Waals surface area contributed by atoms with Gasteiger partial charge in [0.1, 0.15) is 11.9 Å². The van der Waals surface area contributed by atoms with Crippen molar-refractivity contribution in [2.24, 2.45) is 0 Å². The third-order valence-electron chi connectivity index (χ3n) is 3.79. The van der Waals surface area contributed by atoms with E-state index in [0.29, 0.717) is 0 Å². The molecule has 0 spiro atoms. The van der Waals surface area contributed by atoms with E-state index < -0.39 is 30.1 Å². The lowest BCUT2D eigenvalue weighted by Crippen LogP contribution is -2.53. The van der Waals surface area contributed by atoms with Crippen LogP contribution in [0.4, 0.5) is 23.2 Å². The first-order valence-electron chi connectivity index (χ1n) is 5.96. The smallest absolute Gasteiger partial charge is 0.379 e. The zero-order valence-corrected chi connectivity index (χ0v) is 10.6. The predicted molar refractivity (Wildman–Crippen MR) is 63.5 cm³/mol. The molecule has 2 atom stereocenters. The summed E-state index contributed by atoms with van der Waals surface area (Å²) in [6.07, 6.45) is -5.22. The minimum Gasteiger partial charge on any atom is -0.379 e. The summed E-state index contributed by atoms with van der Waals surface area (Å²) in [5.41, 5.74) is -2.77. The minimum absolute atomic E-state index is 0.0392. The van der Waals surface area contributed by atoms with Gasteiger partial charge in [-0.2, -0.15) is 18.4 Å². The summed E-state index contributed by atoms with van der Waals surface area (Å²) in [4.78, 5) is 1.29. The number of benzene rings is 1. The number of nitrogens with zero attached hydrogens (tertiary/aromatic N) is 2. The summed E-state index contributed by atoms with van der Waals surface area (Å²) in [6, 6.07) is 4.01. The molecule has 0 saturated carbocycles. The Morgan fingerprint density at radius 1 is 1.45 bits per heavy atom. The third kappa shape index (κ3) is 2.10. The van der Waals surface area contributed by atoms with Crippen molar-refractivity contribution in [1.82, 2.24) is 0 Å². The van der Waals surface area contributed by atoms with Crippen molar-refractivity contribution < 1.29 is 22.7 Å². The van der Waals surface area contributed by atoms with E-state index in [1.807, 2.05) is 0 Å². The van der Waals surface area contributed by atoms with E-state index in [0.717, 1.165) is 6.07 Å². The van der Waals surface area contributed by atoms with Crippen molar-refractivity contribution in [2.75, 3.05) is 11.4 Å². The fourth-order valence-electron chi connectivity index (χ4n) is 2.46. The summed E-state index contributed by atoms with van der Waals surface area (Å²) in [6.45, 7) is 1.21. The average molecular weight is 288 g/mol. The van der Waals surface area contributed by atoms with Crippen LogP contribution in [0, 0.1) is 17.1 Å². The first-order chi connectivity index (χ1) is 9.20. The highest BCUT2D eigenvalue weighted by Gasteiger charge is 2.61. The second-order valence-electron chi connectivity index (χ2n) is 4.82. The minimum atomic E-state index is -4.74. The van der Waals surface area contributed by atoms with Crippen molar-refractivity contribution >= 4 is 5.69 Å². The van der Waals surface area contributed by atoms with Crippen LogP contribution in [0.1, 0.15) is 18.9 Å². The molecule has 1 aromatic rings. The number of aliphatic hydroxyl groups is 1. The molecule has 2 rings (SSSR count). The lowest BCUT2D eigenvalue weighted by atomic mass is 9.95. The van der Waals surface area contributed by atoms with Gasteiger partial charge in [-0.1, -0.05) is 0 Å². The fraction of sp³-hybridized carbons (Fsp3) is 0.462. The molecule has 1 aliphatic heterocycles. The van der Waals surface area contributed by atoms with Crippen LogP contribution in [0.15, 0.2) is 18.2 Å². The molecule has 1 aromatic carbocycles. The normalized spacial score (nSPS) is 26.6. The Kier molecular flexibility index (Phi) is 3.38. The summed E-state index contributed by atoms with van der Waals surface area (Å²) < 4.78 is 52.2. The second-order valence-corrected chi connectivity index (χ2v) is 4.82. The molecule has 1 N–H and O–H groups in total. The van der Waals surface area contributed by atoms with Crippen molar-refractivity contribution in [3.05, 3.63) is 29.6 Å². The van der Waals surface area contributed by atoms with Crippen LogP contribution in [0.2, 0.25) is 0 Å². The van der Waals surface area contributed by atoms with Gasteiger partial charge in [0, 0.05) is 18.7 Å². The van der Waals surface area contributed by atoms with Crippen molar-refractivity contribution in [1.29, 1.82) is 5.26 Å². The molecule has 0 bridgehead atoms. The number of anilines is 1. The van der Waals surface area contributed by atoms with Crippen LogP contribution in [0.5, 0.6) is 0 Å². The maximum atomic E-state index is 13.5. The maximum absolute atomic E-state index is 13.5. The Morgan fingerprint density at radius 2 is 2.10 bits per heavy atom. The van der Waals surface area contributed by atoms with E-state index in [1.54, 1.807) is 6.07 Å². The molecule has 0 aromatic heterocycles. The average Bonchev–Trinajstić information content (AvgIpc) is 2.67. The number of rotatable bonds is 1. The number of alkyl halides is 3. The van der Waals surface area contributed by atoms with Gasteiger partial charge in [-0.05, 0) is 25.1 Å². The van der Waals surface area contributed by atoms with Gasteiger partial charge >= 0.3 is 6.18 Å². The van der Waals surface area contributed by atoms with Crippen LogP contribution in [0.3, 0.4) is 0 Å². The fourth-order valence-corrected chi connectivity index (χ4v) is 2.46.